The van der Waals surface area contributed by atoms with Gasteiger partial charge in [-0.15, -0.1) is 0 Å². The first kappa shape index (κ1) is 17.4. The first-order chi connectivity index (χ1) is 9.62. The molecule has 0 radical (unpaired) electrons. The third-order valence-electron chi connectivity index (χ3n) is 2.99. The lowest BCUT2D eigenvalue weighted by Gasteiger charge is -2.18. The standard InChI is InChI=1S/C13H21N3O4S/c1-10(8-9-15(2)3)14-11-6-5-7-12(21(4,19)20)13(11)16(17)18/h5-7,10,14H,8-9H2,1-4H3. The summed E-state index contributed by atoms with van der Waals surface area (Å²) in [7, 11) is 0.235. The molecule has 0 saturated heterocycles. The number of nitro groups is 1. The number of sulfone groups is 1. The Bertz CT molecular complexity index is 614. The summed E-state index contributed by atoms with van der Waals surface area (Å²) in [6.07, 6.45) is 1.75. The largest absolute Gasteiger partial charge is 0.377 e. The van der Waals surface area contributed by atoms with E-state index >= 15 is 0 Å². The van der Waals surface area contributed by atoms with Crippen molar-refractivity contribution in [1.29, 1.82) is 0 Å². The lowest BCUT2D eigenvalue weighted by atomic mass is 10.2. The molecule has 0 amide bonds. The predicted molar refractivity (Wildman–Crippen MR) is 82.5 cm³/mol. The van der Waals surface area contributed by atoms with Gasteiger partial charge in [-0.3, -0.25) is 10.1 Å². The van der Waals surface area contributed by atoms with Gasteiger partial charge >= 0.3 is 5.69 Å². The molecular weight excluding hydrogens is 294 g/mol. The second-order valence-electron chi connectivity index (χ2n) is 5.32. The SMILES string of the molecule is CC(CCN(C)C)Nc1cccc(S(C)(=O)=O)c1[N+](=O)[O-]. The zero-order valence-electron chi connectivity index (χ0n) is 12.7. The first-order valence-electron chi connectivity index (χ1n) is 6.51. The van der Waals surface area contributed by atoms with Crippen LogP contribution < -0.4 is 5.32 Å². The van der Waals surface area contributed by atoms with Crippen molar-refractivity contribution in [2.75, 3.05) is 32.2 Å². The Morgan fingerprint density at radius 3 is 2.48 bits per heavy atom. The van der Waals surface area contributed by atoms with Gasteiger partial charge in [0.05, 0.1) is 4.92 Å². The Morgan fingerprint density at radius 1 is 1.38 bits per heavy atom. The Hall–Kier alpha value is -1.67. The summed E-state index contributed by atoms with van der Waals surface area (Å²) >= 11 is 0. The molecule has 1 unspecified atom stereocenters. The Kier molecular flexibility index (Phi) is 5.68. The number of para-hydroxylation sites is 1. The summed E-state index contributed by atoms with van der Waals surface area (Å²) in [5, 5.41) is 14.3. The molecule has 118 valence electrons. The molecule has 0 fully saturated rings. The molecular formula is C13H21N3O4S. The monoisotopic (exact) mass is 315 g/mol. The van der Waals surface area contributed by atoms with Crippen LogP contribution in [0.3, 0.4) is 0 Å². The summed E-state index contributed by atoms with van der Waals surface area (Å²) in [6, 6.07) is 4.27. The van der Waals surface area contributed by atoms with Crippen LogP contribution in [0.4, 0.5) is 11.4 Å². The topological polar surface area (TPSA) is 92.6 Å². The fourth-order valence-corrected chi connectivity index (χ4v) is 2.78. The van der Waals surface area contributed by atoms with E-state index < -0.39 is 20.4 Å². The number of hydrogen-bond acceptors (Lipinski definition) is 6. The zero-order chi connectivity index (χ0) is 16.2. The van der Waals surface area contributed by atoms with E-state index in [0.29, 0.717) is 0 Å². The van der Waals surface area contributed by atoms with Crippen LogP contribution in [0.15, 0.2) is 23.1 Å². The summed E-state index contributed by atoms with van der Waals surface area (Å²) in [5.41, 5.74) is -0.161. The number of nitrogens with zero attached hydrogens (tertiary/aromatic N) is 2. The Morgan fingerprint density at radius 2 is 2.00 bits per heavy atom. The molecule has 0 aliphatic rings. The van der Waals surface area contributed by atoms with Crippen molar-refractivity contribution in [2.24, 2.45) is 0 Å². The molecule has 7 nitrogen and oxygen atoms in total. The molecule has 0 spiro atoms. The molecule has 1 atom stereocenters. The molecule has 1 aromatic carbocycles. The molecule has 1 rings (SSSR count). The van der Waals surface area contributed by atoms with Crippen molar-refractivity contribution in [3.63, 3.8) is 0 Å². The third kappa shape index (κ3) is 4.98. The summed E-state index contributed by atoms with van der Waals surface area (Å²) in [5.74, 6) is 0. The zero-order valence-corrected chi connectivity index (χ0v) is 13.5. The minimum Gasteiger partial charge on any atom is -0.377 e. The maximum atomic E-state index is 11.7. The highest BCUT2D eigenvalue weighted by atomic mass is 32.2. The second kappa shape index (κ2) is 6.86. The van der Waals surface area contributed by atoms with Gasteiger partial charge in [0.25, 0.3) is 0 Å². The van der Waals surface area contributed by atoms with Crippen LogP contribution in [-0.4, -0.2) is 51.2 Å². The number of hydrogen-bond donors (Lipinski definition) is 1. The fraction of sp³-hybridized carbons (Fsp3) is 0.538. The van der Waals surface area contributed by atoms with Crippen LogP contribution in [0.25, 0.3) is 0 Å². The van der Waals surface area contributed by atoms with Crippen molar-refractivity contribution in [1.82, 2.24) is 4.90 Å². The normalized spacial score (nSPS) is 13.2. The van der Waals surface area contributed by atoms with Crippen LogP contribution in [0.5, 0.6) is 0 Å². The molecule has 1 N–H and O–H groups in total. The van der Waals surface area contributed by atoms with Gasteiger partial charge in [0.1, 0.15) is 10.6 Å². The van der Waals surface area contributed by atoms with Gasteiger partial charge in [-0.1, -0.05) is 6.07 Å². The predicted octanol–water partition coefficient (Wildman–Crippen LogP) is 1.75. The Balaban J connectivity index is 3.11. The highest BCUT2D eigenvalue weighted by Gasteiger charge is 2.26. The number of nitrogens with one attached hydrogen (secondary N) is 1. The van der Waals surface area contributed by atoms with Gasteiger partial charge in [-0.2, -0.15) is 0 Å². The molecule has 0 aliphatic heterocycles. The molecule has 8 heteroatoms. The lowest BCUT2D eigenvalue weighted by Crippen LogP contribution is -2.23. The summed E-state index contributed by atoms with van der Waals surface area (Å²) < 4.78 is 23.3. The molecule has 0 aromatic heterocycles. The second-order valence-corrected chi connectivity index (χ2v) is 7.30. The van der Waals surface area contributed by atoms with E-state index in [-0.39, 0.29) is 16.6 Å². The fourth-order valence-electron chi connectivity index (χ4n) is 1.92. The molecule has 0 bridgehead atoms. The van der Waals surface area contributed by atoms with Crippen LogP contribution in [0.1, 0.15) is 13.3 Å². The number of rotatable bonds is 7. The van der Waals surface area contributed by atoms with Crippen molar-refractivity contribution in [2.45, 2.75) is 24.3 Å². The van der Waals surface area contributed by atoms with Gasteiger partial charge in [-0.05, 0) is 46.1 Å². The van der Waals surface area contributed by atoms with Crippen molar-refractivity contribution in [3.05, 3.63) is 28.3 Å². The van der Waals surface area contributed by atoms with Crippen molar-refractivity contribution < 1.29 is 13.3 Å². The van der Waals surface area contributed by atoms with Crippen molar-refractivity contribution >= 4 is 21.2 Å². The lowest BCUT2D eigenvalue weighted by molar-refractivity contribution is -0.386. The summed E-state index contributed by atoms with van der Waals surface area (Å²) in [6.45, 7) is 2.73. The van der Waals surface area contributed by atoms with Gasteiger partial charge < -0.3 is 10.2 Å². The van der Waals surface area contributed by atoms with E-state index in [0.717, 1.165) is 19.2 Å². The molecule has 0 aliphatic carbocycles. The molecule has 0 heterocycles. The van der Waals surface area contributed by atoms with Crippen LogP contribution in [0.2, 0.25) is 0 Å². The molecule has 21 heavy (non-hydrogen) atoms. The average molecular weight is 315 g/mol. The van der Waals surface area contributed by atoms with Gasteiger partial charge in [0.2, 0.25) is 0 Å². The van der Waals surface area contributed by atoms with Crippen LogP contribution in [0, 0.1) is 10.1 Å². The number of anilines is 1. The summed E-state index contributed by atoms with van der Waals surface area (Å²) in [4.78, 5) is 12.3. The van der Waals surface area contributed by atoms with Gasteiger partial charge in [0, 0.05) is 12.3 Å². The van der Waals surface area contributed by atoms with E-state index in [2.05, 4.69) is 5.32 Å². The maximum Gasteiger partial charge on any atom is 0.310 e. The molecule has 0 saturated carbocycles. The van der Waals surface area contributed by atoms with Crippen LogP contribution in [-0.2, 0) is 9.84 Å². The van der Waals surface area contributed by atoms with Crippen molar-refractivity contribution in [3.8, 4) is 0 Å². The highest BCUT2D eigenvalue weighted by molar-refractivity contribution is 7.90. The highest BCUT2D eigenvalue weighted by Crippen LogP contribution is 2.32. The number of nitro benzene ring substituents is 1. The first-order valence-corrected chi connectivity index (χ1v) is 8.40. The minimum absolute atomic E-state index is 0.0130. The van der Waals surface area contributed by atoms with E-state index in [9.17, 15) is 18.5 Å². The number of benzene rings is 1. The maximum absolute atomic E-state index is 11.7. The third-order valence-corrected chi connectivity index (χ3v) is 4.12. The van der Waals surface area contributed by atoms with E-state index in [1.54, 1.807) is 0 Å². The quantitative estimate of drug-likeness (QED) is 0.608. The van der Waals surface area contributed by atoms with Crippen LogP contribution >= 0.6 is 0 Å². The smallest absolute Gasteiger partial charge is 0.310 e. The van der Waals surface area contributed by atoms with Gasteiger partial charge in [-0.25, -0.2) is 8.42 Å². The van der Waals surface area contributed by atoms with E-state index in [1.165, 1.54) is 18.2 Å². The molecule has 1 aromatic rings. The average Bonchev–Trinajstić information content (AvgIpc) is 2.34. The minimum atomic E-state index is -3.65. The van der Waals surface area contributed by atoms with Gasteiger partial charge in [0.15, 0.2) is 9.84 Å². The van der Waals surface area contributed by atoms with E-state index in [4.69, 9.17) is 0 Å². The Labute approximate surface area is 125 Å². The van der Waals surface area contributed by atoms with E-state index in [1.807, 2.05) is 25.9 Å².